The van der Waals surface area contributed by atoms with Crippen LogP contribution in [0.4, 0.5) is 11.6 Å². The van der Waals surface area contributed by atoms with Crippen LogP contribution in [0.25, 0.3) is 16.8 Å². The quantitative estimate of drug-likeness (QED) is 0.285. The highest BCUT2D eigenvalue weighted by Gasteiger charge is 2.20. The summed E-state index contributed by atoms with van der Waals surface area (Å²) in [6.07, 6.45) is 10.4. The second kappa shape index (κ2) is 12.8. The van der Waals surface area contributed by atoms with Gasteiger partial charge in [0.1, 0.15) is 28.7 Å². The van der Waals surface area contributed by atoms with Gasteiger partial charge in [0.2, 0.25) is 5.91 Å². The number of hydrogen-bond acceptors (Lipinski definition) is 7. The SMILES string of the molecule is CCCCN(Cc1nc(-c2ccc(C(=O)Nc3ccccn3)cc2)c2c(N)nccn12)C(=O)/C=C/CN(C)C. The number of nitrogens with two attached hydrogens (primary N) is 1. The first kappa shape index (κ1) is 27.5. The summed E-state index contributed by atoms with van der Waals surface area (Å²) >= 11 is 0. The number of likely N-dealkylation sites (N-methyl/N-ethyl adjacent to an activating group) is 1. The predicted molar refractivity (Wildman–Crippen MR) is 153 cm³/mol. The van der Waals surface area contributed by atoms with Crippen molar-refractivity contribution < 1.29 is 9.59 Å². The van der Waals surface area contributed by atoms with Crippen molar-refractivity contribution in [2.24, 2.45) is 0 Å². The number of amides is 2. The van der Waals surface area contributed by atoms with Gasteiger partial charge in [0.05, 0.1) is 6.54 Å². The minimum atomic E-state index is -0.260. The van der Waals surface area contributed by atoms with Crippen molar-refractivity contribution >= 4 is 29.0 Å². The van der Waals surface area contributed by atoms with E-state index in [1.807, 2.05) is 47.7 Å². The summed E-state index contributed by atoms with van der Waals surface area (Å²) in [7, 11) is 3.92. The zero-order valence-electron chi connectivity index (χ0n) is 22.5. The molecule has 0 radical (unpaired) electrons. The second-order valence-corrected chi connectivity index (χ2v) is 9.43. The summed E-state index contributed by atoms with van der Waals surface area (Å²) in [5.41, 5.74) is 8.86. The lowest BCUT2D eigenvalue weighted by molar-refractivity contribution is -0.126. The molecule has 0 aliphatic carbocycles. The second-order valence-electron chi connectivity index (χ2n) is 9.43. The number of carbonyl (C=O) groups is 2. The molecule has 4 rings (SSSR count). The molecular formula is C29H34N8O2. The van der Waals surface area contributed by atoms with Crippen LogP contribution in [0.15, 0.2) is 73.2 Å². The fourth-order valence-electron chi connectivity index (χ4n) is 4.10. The summed E-state index contributed by atoms with van der Waals surface area (Å²) < 4.78 is 1.88. The molecule has 0 atom stereocenters. The van der Waals surface area contributed by atoms with E-state index in [9.17, 15) is 9.59 Å². The van der Waals surface area contributed by atoms with Crippen LogP contribution in [0.2, 0.25) is 0 Å². The number of imidazole rings is 1. The number of nitrogen functional groups attached to an aromatic ring is 1. The molecule has 0 saturated carbocycles. The maximum atomic E-state index is 13.1. The molecule has 0 unspecified atom stereocenters. The Bertz CT molecular complexity index is 1450. The van der Waals surface area contributed by atoms with Gasteiger partial charge in [0.15, 0.2) is 0 Å². The molecule has 4 aromatic rings. The van der Waals surface area contributed by atoms with Crippen molar-refractivity contribution in [3.05, 3.63) is 84.6 Å². The average Bonchev–Trinajstić information content (AvgIpc) is 3.31. The molecule has 0 saturated heterocycles. The van der Waals surface area contributed by atoms with Gasteiger partial charge in [-0.05, 0) is 44.8 Å². The normalized spacial score (nSPS) is 11.4. The molecule has 0 spiro atoms. The minimum Gasteiger partial charge on any atom is -0.382 e. The molecule has 3 aromatic heterocycles. The first-order valence-electron chi connectivity index (χ1n) is 12.9. The fraction of sp³-hybridized carbons (Fsp3) is 0.276. The van der Waals surface area contributed by atoms with Gasteiger partial charge >= 0.3 is 0 Å². The van der Waals surface area contributed by atoms with E-state index < -0.39 is 0 Å². The number of aromatic nitrogens is 4. The largest absolute Gasteiger partial charge is 0.382 e. The number of hydrogen-bond donors (Lipinski definition) is 2. The number of benzene rings is 1. The Morgan fingerprint density at radius 3 is 2.56 bits per heavy atom. The summed E-state index contributed by atoms with van der Waals surface area (Å²) in [4.78, 5) is 42.8. The van der Waals surface area contributed by atoms with E-state index in [1.54, 1.807) is 53.8 Å². The standard InChI is InChI=1S/C29H34N8O2/c1-4-5-18-36(25(38)10-8-17-35(2)3)20-24-34-26(27-28(30)32-16-19-37(24)27)21-11-13-22(14-12-21)29(39)33-23-9-6-7-15-31-23/h6-16,19H,4-5,17-18,20H2,1-3H3,(H2,30,32)(H,31,33,39)/b10-8+. The lowest BCUT2D eigenvalue weighted by Gasteiger charge is -2.20. The van der Waals surface area contributed by atoms with Crippen molar-refractivity contribution in [2.45, 2.75) is 26.3 Å². The highest BCUT2D eigenvalue weighted by molar-refractivity contribution is 6.04. The Kier molecular flexibility index (Phi) is 9.01. The molecule has 1 aromatic carbocycles. The van der Waals surface area contributed by atoms with Crippen LogP contribution in [0, 0.1) is 0 Å². The van der Waals surface area contributed by atoms with Crippen LogP contribution in [0.1, 0.15) is 35.9 Å². The smallest absolute Gasteiger partial charge is 0.256 e. The molecule has 10 heteroatoms. The van der Waals surface area contributed by atoms with Gasteiger partial charge in [0, 0.05) is 48.9 Å². The lowest BCUT2D eigenvalue weighted by atomic mass is 10.1. The Balaban J connectivity index is 1.62. The highest BCUT2D eigenvalue weighted by Crippen LogP contribution is 2.29. The van der Waals surface area contributed by atoms with Crippen molar-refractivity contribution in [3.63, 3.8) is 0 Å². The van der Waals surface area contributed by atoms with E-state index in [1.165, 1.54) is 0 Å². The third-order valence-electron chi connectivity index (χ3n) is 6.14. The summed E-state index contributed by atoms with van der Waals surface area (Å²) in [5.74, 6) is 1.17. The molecule has 39 heavy (non-hydrogen) atoms. The van der Waals surface area contributed by atoms with Crippen molar-refractivity contribution in [1.82, 2.24) is 29.2 Å². The van der Waals surface area contributed by atoms with E-state index in [-0.39, 0.29) is 11.8 Å². The Morgan fingerprint density at radius 2 is 1.87 bits per heavy atom. The third kappa shape index (κ3) is 6.85. The minimum absolute atomic E-state index is 0.0612. The topological polar surface area (TPSA) is 122 Å². The third-order valence-corrected chi connectivity index (χ3v) is 6.14. The van der Waals surface area contributed by atoms with E-state index in [2.05, 4.69) is 22.2 Å². The number of nitrogens with zero attached hydrogens (tertiary/aromatic N) is 6. The van der Waals surface area contributed by atoms with Gasteiger partial charge < -0.3 is 20.9 Å². The van der Waals surface area contributed by atoms with Gasteiger partial charge in [-0.15, -0.1) is 0 Å². The van der Waals surface area contributed by atoms with Gasteiger partial charge in [-0.2, -0.15) is 0 Å². The number of pyridine rings is 1. The molecule has 3 N–H and O–H groups in total. The summed E-state index contributed by atoms with van der Waals surface area (Å²) in [6.45, 7) is 3.72. The van der Waals surface area contributed by atoms with Gasteiger partial charge in [0.25, 0.3) is 5.91 Å². The zero-order chi connectivity index (χ0) is 27.8. The first-order chi connectivity index (χ1) is 18.9. The molecule has 10 nitrogen and oxygen atoms in total. The Hall–Kier alpha value is -4.57. The van der Waals surface area contributed by atoms with Crippen LogP contribution in [0.3, 0.4) is 0 Å². The van der Waals surface area contributed by atoms with Crippen molar-refractivity contribution in [1.29, 1.82) is 0 Å². The highest BCUT2D eigenvalue weighted by atomic mass is 16.2. The van der Waals surface area contributed by atoms with Crippen LogP contribution < -0.4 is 11.1 Å². The van der Waals surface area contributed by atoms with Gasteiger partial charge in [-0.1, -0.05) is 37.6 Å². The molecule has 0 aliphatic heterocycles. The van der Waals surface area contributed by atoms with Gasteiger partial charge in [-0.25, -0.2) is 15.0 Å². The van der Waals surface area contributed by atoms with Gasteiger partial charge in [-0.3, -0.25) is 14.0 Å². The monoisotopic (exact) mass is 526 g/mol. The van der Waals surface area contributed by atoms with Crippen LogP contribution in [-0.2, 0) is 11.3 Å². The summed E-state index contributed by atoms with van der Waals surface area (Å²) in [6, 6.07) is 12.5. The predicted octanol–water partition coefficient (Wildman–Crippen LogP) is 3.87. The molecule has 0 aliphatic rings. The van der Waals surface area contributed by atoms with Crippen LogP contribution in [0.5, 0.6) is 0 Å². The van der Waals surface area contributed by atoms with Crippen LogP contribution >= 0.6 is 0 Å². The Labute approximate surface area is 228 Å². The number of rotatable bonds is 11. The molecular weight excluding hydrogens is 492 g/mol. The van der Waals surface area contributed by atoms with E-state index in [4.69, 9.17) is 10.7 Å². The zero-order valence-corrected chi connectivity index (χ0v) is 22.5. The lowest BCUT2D eigenvalue weighted by Crippen LogP contribution is -2.31. The number of anilines is 2. The number of fused-ring (bicyclic) bond motifs is 1. The number of unbranched alkanes of at least 4 members (excludes halogenated alkanes) is 1. The molecule has 2 amide bonds. The van der Waals surface area contributed by atoms with Crippen molar-refractivity contribution in [2.75, 3.05) is 38.2 Å². The molecule has 0 bridgehead atoms. The fourth-order valence-corrected chi connectivity index (χ4v) is 4.10. The van der Waals surface area contributed by atoms with Crippen molar-refractivity contribution in [3.8, 4) is 11.3 Å². The summed E-state index contributed by atoms with van der Waals surface area (Å²) in [5, 5.41) is 2.78. The van der Waals surface area contributed by atoms with E-state index in [0.29, 0.717) is 53.9 Å². The Morgan fingerprint density at radius 1 is 1.08 bits per heavy atom. The molecule has 0 fully saturated rings. The molecule has 3 heterocycles. The molecule has 202 valence electrons. The van der Waals surface area contributed by atoms with Crippen LogP contribution in [-0.4, -0.2) is 68.2 Å². The maximum absolute atomic E-state index is 13.1. The number of nitrogens with one attached hydrogen (secondary N) is 1. The van der Waals surface area contributed by atoms with E-state index in [0.717, 1.165) is 18.4 Å². The average molecular weight is 527 g/mol. The van der Waals surface area contributed by atoms with E-state index >= 15 is 0 Å². The number of carbonyl (C=O) groups excluding carboxylic acids is 2. The first-order valence-corrected chi connectivity index (χ1v) is 12.9. The maximum Gasteiger partial charge on any atom is 0.256 e.